The van der Waals surface area contributed by atoms with Crippen molar-refractivity contribution in [1.29, 1.82) is 0 Å². The Balaban J connectivity index is 4.72. The number of urea groups is 1. The lowest BCUT2D eigenvalue weighted by Gasteiger charge is -2.32. The van der Waals surface area contributed by atoms with Crippen LogP contribution in [0.3, 0.4) is 0 Å². The maximum atomic E-state index is 12.2. The zero-order valence-corrected chi connectivity index (χ0v) is 11.4. The molecule has 0 bridgehead atoms. The second-order valence-corrected chi connectivity index (χ2v) is 4.83. The molecular weight excluding hydrogens is 220 g/mol. The highest BCUT2D eigenvalue weighted by Gasteiger charge is 2.24. The molecule has 0 saturated carbocycles. The van der Waals surface area contributed by atoms with E-state index in [0.29, 0.717) is 19.0 Å². The van der Waals surface area contributed by atoms with Gasteiger partial charge in [-0.05, 0) is 26.7 Å². The maximum absolute atomic E-state index is 12.2. The average molecular weight is 244 g/mol. The average Bonchev–Trinajstić information content (AvgIpc) is 2.20. The number of carboxylic acids is 1. The molecule has 0 spiro atoms. The van der Waals surface area contributed by atoms with Gasteiger partial charge in [-0.2, -0.15) is 0 Å². The summed E-state index contributed by atoms with van der Waals surface area (Å²) >= 11 is 0. The first kappa shape index (κ1) is 15.7. The molecule has 2 amide bonds. The van der Waals surface area contributed by atoms with Gasteiger partial charge in [0.05, 0.1) is 0 Å². The molecule has 100 valence electrons. The molecule has 0 aliphatic heterocycles. The predicted octanol–water partition coefficient (Wildman–Crippen LogP) is 1.88. The Kier molecular flexibility index (Phi) is 6.61. The molecule has 0 saturated heterocycles. The Hall–Kier alpha value is -1.26. The number of rotatable bonds is 6. The second kappa shape index (κ2) is 7.14. The molecule has 17 heavy (non-hydrogen) atoms. The maximum Gasteiger partial charge on any atom is 0.323 e. The molecule has 0 aliphatic carbocycles. The molecule has 0 aliphatic rings. The Bertz CT molecular complexity index is 264. The summed E-state index contributed by atoms with van der Waals surface area (Å²) in [5.74, 6) is -0.606. The number of hydrogen-bond acceptors (Lipinski definition) is 2. The van der Waals surface area contributed by atoms with Gasteiger partial charge in [-0.25, -0.2) is 4.79 Å². The van der Waals surface area contributed by atoms with Crippen molar-refractivity contribution in [2.75, 3.05) is 19.6 Å². The number of amides is 2. The van der Waals surface area contributed by atoms with Gasteiger partial charge in [-0.15, -0.1) is 0 Å². The van der Waals surface area contributed by atoms with Crippen LogP contribution in [0.4, 0.5) is 4.79 Å². The van der Waals surface area contributed by atoms with Gasteiger partial charge in [0.1, 0.15) is 6.54 Å². The van der Waals surface area contributed by atoms with Crippen LogP contribution in [0.15, 0.2) is 0 Å². The Labute approximate surface area is 103 Å². The number of carboxylic acid groups (broad SMARTS) is 1. The third-order valence-electron chi connectivity index (χ3n) is 2.41. The van der Waals surface area contributed by atoms with Crippen LogP contribution in [0.25, 0.3) is 0 Å². The first-order chi connectivity index (χ1) is 7.79. The number of aliphatic carboxylic acids is 1. The van der Waals surface area contributed by atoms with Crippen molar-refractivity contribution in [3.05, 3.63) is 0 Å². The van der Waals surface area contributed by atoms with Crippen LogP contribution in [0, 0.1) is 5.92 Å². The molecule has 0 unspecified atom stereocenters. The Morgan fingerprint density at radius 2 is 1.71 bits per heavy atom. The van der Waals surface area contributed by atoms with Crippen LogP contribution < -0.4 is 0 Å². The molecule has 0 rings (SSSR count). The minimum atomic E-state index is -0.979. The van der Waals surface area contributed by atoms with Crippen molar-refractivity contribution in [2.24, 2.45) is 5.92 Å². The normalized spacial score (nSPS) is 10.8. The van der Waals surface area contributed by atoms with Crippen LogP contribution in [0.1, 0.15) is 34.6 Å². The van der Waals surface area contributed by atoms with Crippen LogP contribution in [-0.2, 0) is 4.79 Å². The highest BCUT2D eigenvalue weighted by molar-refractivity contribution is 5.80. The third kappa shape index (κ3) is 5.56. The van der Waals surface area contributed by atoms with Crippen LogP contribution >= 0.6 is 0 Å². The molecule has 0 aromatic carbocycles. The summed E-state index contributed by atoms with van der Waals surface area (Å²) in [5, 5.41) is 8.81. The fourth-order valence-electron chi connectivity index (χ4n) is 1.58. The standard InChI is InChI=1S/C12H24N2O3/c1-6-13(7-9(2)3)12(17)14(10(4)5)8-11(15)16/h9-10H,6-8H2,1-5H3,(H,15,16). The number of carbonyl (C=O) groups is 2. The minimum Gasteiger partial charge on any atom is -0.480 e. The molecule has 0 fully saturated rings. The summed E-state index contributed by atoms with van der Waals surface area (Å²) in [6, 6.07) is -0.307. The molecule has 0 heterocycles. The zero-order valence-electron chi connectivity index (χ0n) is 11.4. The third-order valence-corrected chi connectivity index (χ3v) is 2.41. The van der Waals surface area contributed by atoms with Crippen molar-refractivity contribution in [2.45, 2.75) is 40.7 Å². The van der Waals surface area contributed by atoms with E-state index >= 15 is 0 Å². The fraction of sp³-hybridized carbons (Fsp3) is 0.833. The summed E-state index contributed by atoms with van der Waals surface area (Å²) < 4.78 is 0. The van der Waals surface area contributed by atoms with Gasteiger partial charge in [0.2, 0.25) is 0 Å². The Morgan fingerprint density at radius 3 is 2.00 bits per heavy atom. The van der Waals surface area contributed by atoms with E-state index < -0.39 is 5.97 Å². The topological polar surface area (TPSA) is 60.9 Å². The van der Waals surface area contributed by atoms with E-state index in [1.165, 1.54) is 4.90 Å². The largest absolute Gasteiger partial charge is 0.480 e. The van der Waals surface area contributed by atoms with Gasteiger partial charge in [0.25, 0.3) is 0 Å². The summed E-state index contributed by atoms with van der Waals surface area (Å²) in [7, 11) is 0. The number of nitrogens with zero attached hydrogens (tertiary/aromatic N) is 2. The SMILES string of the molecule is CCN(CC(C)C)C(=O)N(CC(=O)O)C(C)C. The van der Waals surface area contributed by atoms with Gasteiger partial charge < -0.3 is 14.9 Å². The molecule has 5 nitrogen and oxygen atoms in total. The molecule has 0 aromatic heterocycles. The van der Waals surface area contributed by atoms with Gasteiger partial charge in [-0.1, -0.05) is 13.8 Å². The Morgan fingerprint density at radius 1 is 1.18 bits per heavy atom. The molecule has 5 heteroatoms. The van der Waals surface area contributed by atoms with E-state index in [9.17, 15) is 9.59 Å². The molecule has 0 atom stereocenters. The van der Waals surface area contributed by atoms with E-state index in [0.717, 1.165) is 0 Å². The lowest BCUT2D eigenvalue weighted by molar-refractivity contribution is -0.138. The lowest BCUT2D eigenvalue weighted by atomic mass is 10.2. The molecule has 0 radical (unpaired) electrons. The summed E-state index contributed by atoms with van der Waals surface area (Å²) in [6.07, 6.45) is 0. The van der Waals surface area contributed by atoms with Crippen LogP contribution in [0.5, 0.6) is 0 Å². The molecular formula is C12H24N2O3. The number of carbonyl (C=O) groups excluding carboxylic acids is 1. The van der Waals surface area contributed by atoms with Gasteiger partial charge in [-0.3, -0.25) is 4.79 Å². The fourth-order valence-corrected chi connectivity index (χ4v) is 1.58. The van der Waals surface area contributed by atoms with Gasteiger partial charge >= 0.3 is 12.0 Å². The summed E-state index contributed by atoms with van der Waals surface area (Å²) in [4.78, 5) is 26.0. The smallest absolute Gasteiger partial charge is 0.323 e. The quantitative estimate of drug-likeness (QED) is 0.776. The predicted molar refractivity (Wildman–Crippen MR) is 67.0 cm³/mol. The summed E-state index contributed by atoms with van der Waals surface area (Å²) in [5.41, 5.74) is 0. The second-order valence-electron chi connectivity index (χ2n) is 4.83. The van der Waals surface area contributed by atoms with Crippen molar-refractivity contribution in [3.63, 3.8) is 0 Å². The number of hydrogen-bond donors (Lipinski definition) is 1. The van der Waals surface area contributed by atoms with Crippen molar-refractivity contribution in [1.82, 2.24) is 9.80 Å². The van der Waals surface area contributed by atoms with E-state index in [1.807, 2.05) is 34.6 Å². The van der Waals surface area contributed by atoms with E-state index in [-0.39, 0.29) is 18.6 Å². The van der Waals surface area contributed by atoms with Crippen molar-refractivity contribution < 1.29 is 14.7 Å². The van der Waals surface area contributed by atoms with Crippen molar-refractivity contribution >= 4 is 12.0 Å². The van der Waals surface area contributed by atoms with Crippen LogP contribution in [-0.4, -0.2) is 52.6 Å². The van der Waals surface area contributed by atoms with E-state index in [1.54, 1.807) is 4.90 Å². The highest BCUT2D eigenvalue weighted by Crippen LogP contribution is 2.07. The zero-order chi connectivity index (χ0) is 13.6. The minimum absolute atomic E-state index is 0.111. The van der Waals surface area contributed by atoms with Crippen LogP contribution in [0.2, 0.25) is 0 Å². The summed E-state index contributed by atoms with van der Waals surface area (Å²) in [6.45, 7) is 10.6. The first-order valence-electron chi connectivity index (χ1n) is 6.06. The highest BCUT2D eigenvalue weighted by atomic mass is 16.4. The van der Waals surface area contributed by atoms with Gasteiger partial charge in [0, 0.05) is 19.1 Å². The van der Waals surface area contributed by atoms with Gasteiger partial charge in [0.15, 0.2) is 0 Å². The first-order valence-corrected chi connectivity index (χ1v) is 6.06. The monoisotopic (exact) mass is 244 g/mol. The van der Waals surface area contributed by atoms with E-state index in [2.05, 4.69) is 0 Å². The lowest BCUT2D eigenvalue weighted by Crippen LogP contribution is -2.49. The van der Waals surface area contributed by atoms with E-state index in [4.69, 9.17) is 5.11 Å². The molecule has 1 N–H and O–H groups in total. The van der Waals surface area contributed by atoms with Crippen molar-refractivity contribution in [3.8, 4) is 0 Å². The molecule has 0 aromatic rings.